The summed E-state index contributed by atoms with van der Waals surface area (Å²) in [6.45, 7) is 4.22. The van der Waals surface area contributed by atoms with E-state index in [4.69, 9.17) is 4.74 Å². The summed E-state index contributed by atoms with van der Waals surface area (Å²) in [7, 11) is -1.91. The average molecular weight is 481 g/mol. The third kappa shape index (κ3) is 5.33. The van der Waals surface area contributed by atoms with Crippen molar-refractivity contribution in [1.29, 1.82) is 0 Å². The van der Waals surface area contributed by atoms with Gasteiger partial charge in [-0.1, -0.05) is 29.8 Å². The molecule has 0 bridgehead atoms. The second-order valence-corrected chi connectivity index (χ2v) is 13.0. The molecule has 0 amide bonds. The highest BCUT2D eigenvalue weighted by Crippen LogP contribution is 2.29. The number of hydrogen-bond donors (Lipinski definition) is 1. The Balaban J connectivity index is 1.86. The van der Waals surface area contributed by atoms with Gasteiger partial charge in [0.2, 0.25) is 0 Å². The zero-order valence-corrected chi connectivity index (χ0v) is 20.8. The van der Waals surface area contributed by atoms with Crippen LogP contribution in [0.25, 0.3) is 0 Å². The molecule has 3 atom stereocenters. The third-order valence-electron chi connectivity index (χ3n) is 6.05. The fourth-order valence-corrected chi connectivity index (χ4v) is 8.96. The molecule has 7 nitrogen and oxygen atoms in total. The van der Waals surface area contributed by atoms with Gasteiger partial charge in [0, 0.05) is 18.6 Å². The highest BCUT2D eigenvalue weighted by molar-refractivity contribution is 7.96. The number of nitrogens with zero attached hydrogens (tertiary/aromatic N) is 1. The van der Waals surface area contributed by atoms with Crippen LogP contribution < -0.4 is 10.1 Å². The van der Waals surface area contributed by atoms with E-state index >= 15 is 0 Å². The van der Waals surface area contributed by atoms with E-state index in [-0.39, 0.29) is 22.4 Å². The number of likely N-dealkylation sites (N-methyl/N-ethyl adjacent to an activating group) is 1. The molecule has 1 heterocycles. The molecule has 1 N–H and O–H groups in total. The topological polar surface area (TPSA) is 92.8 Å². The number of methoxy groups -OCH3 is 1. The monoisotopic (exact) mass is 480 g/mol. The smallest absolute Gasteiger partial charge is 0.183 e. The van der Waals surface area contributed by atoms with Gasteiger partial charge < -0.3 is 15.0 Å². The summed E-state index contributed by atoms with van der Waals surface area (Å²) >= 11 is 0. The van der Waals surface area contributed by atoms with Gasteiger partial charge in [-0.25, -0.2) is 16.8 Å². The van der Waals surface area contributed by atoms with Gasteiger partial charge in [-0.3, -0.25) is 0 Å². The third-order valence-corrected chi connectivity index (χ3v) is 10.2. The van der Waals surface area contributed by atoms with Gasteiger partial charge in [0.05, 0.1) is 28.8 Å². The van der Waals surface area contributed by atoms with E-state index < -0.39 is 31.0 Å². The molecule has 1 saturated heterocycles. The molecular formula is C23H32N2O5S2. The van der Waals surface area contributed by atoms with Crippen LogP contribution in [0.1, 0.15) is 22.7 Å². The molecule has 32 heavy (non-hydrogen) atoms. The lowest BCUT2D eigenvalue weighted by Gasteiger charge is -2.28. The molecule has 176 valence electrons. The Labute approximate surface area is 191 Å². The molecule has 0 aromatic heterocycles. The molecule has 3 rings (SSSR count). The van der Waals surface area contributed by atoms with Crippen molar-refractivity contribution in [3.05, 3.63) is 59.2 Å². The quantitative estimate of drug-likeness (QED) is 0.619. The van der Waals surface area contributed by atoms with Crippen molar-refractivity contribution in [2.75, 3.05) is 39.3 Å². The summed E-state index contributed by atoms with van der Waals surface area (Å²) in [4.78, 5) is 2.16. The SMILES string of the molecule is COc1ccc(S(=O)(=O)[C@H]2CS(=O)(=O)C[C@@H]2NCC(c2ccc(C)cc2)N(C)C)cc1C. The van der Waals surface area contributed by atoms with Crippen LogP contribution in [-0.2, 0) is 19.7 Å². The first kappa shape index (κ1) is 24.7. The standard InChI is InChI=1S/C23H32N2O5S2/c1-16-6-8-18(9-7-16)21(25(3)4)13-24-20-14-31(26,27)15-23(20)32(28,29)19-10-11-22(30-5)17(2)12-19/h6-12,20-21,23-24H,13-15H2,1-5H3/t20-,21?,23-/m0/s1. The number of benzene rings is 2. The van der Waals surface area contributed by atoms with Gasteiger partial charge in [-0.15, -0.1) is 0 Å². The maximum Gasteiger partial charge on any atom is 0.183 e. The minimum absolute atomic E-state index is 0.0227. The van der Waals surface area contributed by atoms with Crippen LogP contribution in [0, 0.1) is 13.8 Å². The molecule has 0 radical (unpaired) electrons. The molecule has 0 aliphatic carbocycles. The second-order valence-electron chi connectivity index (χ2n) is 8.70. The number of aryl methyl sites for hydroxylation is 2. The fourth-order valence-electron chi connectivity index (χ4n) is 4.16. The van der Waals surface area contributed by atoms with E-state index in [1.807, 2.05) is 50.2 Å². The Morgan fingerprint density at radius 3 is 2.31 bits per heavy atom. The Hall–Kier alpha value is -1.94. The van der Waals surface area contributed by atoms with E-state index in [1.165, 1.54) is 13.2 Å². The van der Waals surface area contributed by atoms with Crippen molar-refractivity contribution in [2.45, 2.75) is 36.1 Å². The summed E-state index contributed by atoms with van der Waals surface area (Å²) in [6.07, 6.45) is 0. The van der Waals surface area contributed by atoms with Crippen LogP contribution in [0.2, 0.25) is 0 Å². The zero-order chi connectivity index (χ0) is 23.7. The van der Waals surface area contributed by atoms with Crippen molar-refractivity contribution in [3.8, 4) is 5.75 Å². The van der Waals surface area contributed by atoms with Gasteiger partial charge in [0.1, 0.15) is 5.75 Å². The van der Waals surface area contributed by atoms with Gasteiger partial charge in [-0.05, 0) is 57.3 Å². The van der Waals surface area contributed by atoms with Gasteiger partial charge in [-0.2, -0.15) is 0 Å². The highest BCUT2D eigenvalue weighted by Gasteiger charge is 2.46. The number of rotatable bonds is 8. The lowest BCUT2D eigenvalue weighted by Crippen LogP contribution is -2.46. The molecule has 0 saturated carbocycles. The van der Waals surface area contributed by atoms with Crippen LogP contribution >= 0.6 is 0 Å². The van der Waals surface area contributed by atoms with E-state index in [2.05, 4.69) is 5.32 Å². The van der Waals surface area contributed by atoms with Crippen LogP contribution in [0.4, 0.5) is 0 Å². The van der Waals surface area contributed by atoms with Crippen LogP contribution in [0.5, 0.6) is 5.75 Å². The fraction of sp³-hybridized carbons (Fsp3) is 0.478. The first-order valence-corrected chi connectivity index (χ1v) is 13.9. The Morgan fingerprint density at radius 2 is 1.75 bits per heavy atom. The lowest BCUT2D eigenvalue weighted by atomic mass is 10.0. The van der Waals surface area contributed by atoms with Crippen molar-refractivity contribution < 1.29 is 21.6 Å². The van der Waals surface area contributed by atoms with Gasteiger partial charge >= 0.3 is 0 Å². The van der Waals surface area contributed by atoms with Crippen LogP contribution in [0.15, 0.2) is 47.4 Å². The normalized spacial score (nSPS) is 21.6. The number of ether oxygens (including phenoxy) is 1. The van der Waals surface area contributed by atoms with Crippen molar-refractivity contribution in [3.63, 3.8) is 0 Å². The lowest BCUT2D eigenvalue weighted by molar-refractivity contribution is 0.282. The molecular weight excluding hydrogens is 448 g/mol. The number of hydrogen-bond acceptors (Lipinski definition) is 7. The van der Waals surface area contributed by atoms with E-state index in [9.17, 15) is 16.8 Å². The Morgan fingerprint density at radius 1 is 1.09 bits per heavy atom. The average Bonchev–Trinajstić information content (AvgIpc) is 3.04. The molecule has 1 aliphatic heterocycles. The van der Waals surface area contributed by atoms with Crippen molar-refractivity contribution in [2.24, 2.45) is 0 Å². The molecule has 1 unspecified atom stereocenters. The largest absolute Gasteiger partial charge is 0.496 e. The van der Waals surface area contributed by atoms with Gasteiger partial charge in [0.15, 0.2) is 19.7 Å². The zero-order valence-electron chi connectivity index (χ0n) is 19.2. The predicted molar refractivity (Wildman–Crippen MR) is 127 cm³/mol. The van der Waals surface area contributed by atoms with Crippen molar-refractivity contribution >= 4 is 19.7 Å². The van der Waals surface area contributed by atoms with Gasteiger partial charge in [0.25, 0.3) is 0 Å². The predicted octanol–water partition coefficient (Wildman–Crippen LogP) is 2.14. The summed E-state index contributed by atoms with van der Waals surface area (Å²) in [5, 5.41) is 2.23. The van der Waals surface area contributed by atoms with Crippen LogP contribution in [0.3, 0.4) is 0 Å². The molecule has 2 aromatic rings. The Bertz CT molecular complexity index is 1160. The van der Waals surface area contributed by atoms with E-state index in [0.29, 0.717) is 17.9 Å². The maximum absolute atomic E-state index is 13.4. The summed E-state index contributed by atoms with van der Waals surface area (Å²) in [5.41, 5.74) is 2.92. The summed E-state index contributed by atoms with van der Waals surface area (Å²) in [5.74, 6) is 0.0135. The molecule has 9 heteroatoms. The van der Waals surface area contributed by atoms with Crippen molar-refractivity contribution in [1.82, 2.24) is 10.2 Å². The van der Waals surface area contributed by atoms with E-state index in [1.54, 1.807) is 19.1 Å². The molecule has 1 fully saturated rings. The molecule has 2 aromatic carbocycles. The molecule has 0 spiro atoms. The highest BCUT2D eigenvalue weighted by atomic mass is 32.2. The minimum Gasteiger partial charge on any atom is -0.496 e. The summed E-state index contributed by atoms with van der Waals surface area (Å²) < 4.78 is 56.9. The number of nitrogens with one attached hydrogen (secondary N) is 1. The minimum atomic E-state index is -3.86. The van der Waals surface area contributed by atoms with E-state index in [0.717, 1.165) is 11.1 Å². The maximum atomic E-state index is 13.4. The van der Waals surface area contributed by atoms with Crippen LogP contribution in [-0.4, -0.2) is 72.3 Å². The first-order chi connectivity index (χ1) is 14.9. The second kappa shape index (κ2) is 9.51. The number of sulfone groups is 2. The Kier molecular flexibility index (Phi) is 7.34. The first-order valence-electron chi connectivity index (χ1n) is 10.5. The molecule has 1 aliphatic rings. The summed E-state index contributed by atoms with van der Waals surface area (Å²) in [6, 6.07) is 12.1.